The Hall–Kier alpha value is -2.05. The second-order valence-electron chi connectivity index (χ2n) is 7.09. The number of carbonyl (C=O) groups is 2. The standard InChI is InChI=1S/C16H25N3O4/c1-7-22-13(20)12-11-10(17-18-12)8-9-19(16(11,5)6)14(21)23-15(2,3)4/h7-9H2,1-6H3,(H,17,18). The number of carbonyl (C=O) groups excluding carboxylic acids is 2. The Balaban J connectivity index is 2.37. The minimum Gasteiger partial charge on any atom is -0.461 e. The van der Waals surface area contributed by atoms with Crippen LogP contribution in [0.1, 0.15) is 63.3 Å². The van der Waals surface area contributed by atoms with Crippen LogP contribution in [0.15, 0.2) is 0 Å². The summed E-state index contributed by atoms with van der Waals surface area (Å²) >= 11 is 0. The molecule has 0 fully saturated rings. The van der Waals surface area contributed by atoms with Crippen LogP contribution in [0.25, 0.3) is 0 Å². The van der Waals surface area contributed by atoms with Gasteiger partial charge in [-0.25, -0.2) is 9.59 Å². The van der Waals surface area contributed by atoms with Crippen molar-refractivity contribution in [3.8, 4) is 0 Å². The largest absolute Gasteiger partial charge is 0.461 e. The Bertz CT molecular complexity index is 613. The van der Waals surface area contributed by atoms with Gasteiger partial charge in [0.25, 0.3) is 0 Å². The number of nitrogens with zero attached hydrogens (tertiary/aromatic N) is 2. The van der Waals surface area contributed by atoms with Crippen LogP contribution < -0.4 is 0 Å². The highest BCUT2D eigenvalue weighted by Gasteiger charge is 2.44. The minimum absolute atomic E-state index is 0.236. The number of ether oxygens (including phenoxy) is 2. The predicted molar refractivity (Wildman–Crippen MR) is 84.2 cm³/mol. The molecule has 0 aliphatic carbocycles. The molecular weight excluding hydrogens is 298 g/mol. The molecule has 2 heterocycles. The van der Waals surface area contributed by atoms with Crippen LogP contribution >= 0.6 is 0 Å². The summed E-state index contributed by atoms with van der Waals surface area (Å²) in [6, 6.07) is 0. The quantitative estimate of drug-likeness (QED) is 0.846. The molecule has 1 N–H and O–H groups in total. The first-order chi connectivity index (χ1) is 10.6. The summed E-state index contributed by atoms with van der Waals surface area (Å²) in [4.78, 5) is 26.3. The average molecular weight is 323 g/mol. The molecule has 1 aromatic heterocycles. The number of aromatic nitrogens is 2. The van der Waals surface area contributed by atoms with Crippen molar-refractivity contribution in [1.29, 1.82) is 0 Å². The topological polar surface area (TPSA) is 84.5 Å². The molecule has 0 aromatic carbocycles. The van der Waals surface area contributed by atoms with E-state index in [1.54, 1.807) is 11.8 Å². The Morgan fingerprint density at radius 3 is 2.57 bits per heavy atom. The fraction of sp³-hybridized carbons (Fsp3) is 0.688. The number of aromatic amines is 1. The Kier molecular flexibility index (Phi) is 4.41. The monoisotopic (exact) mass is 323 g/mol. The molecule has 7 nitrogen and oxygen atoms in total. The van der Waals surface area contributed by atoms with Crippen molar-refractivity contribution in [2.75, 3.05) is 13.2 Å². The fourth-order valence-electron chi connectivity index (χ4n) is 2.84. The van der Waals surface area contributed by atoms with Gasteiger partial charge in [-0.15, -0.1) is 0 Å². The number of nitrogens with one attached hydrogen (secondary N) is 1. The van der Waals surface area contributed by atoms with Gasteiger partial charge in [0.05, 0.1) is 12.1 Å². The second kappa shape index (κ2) is 5.86. The van der Waals surface area contributed by atoms with Crippen molar-refractivity contribution >= 4 is 12.1 Å². The molecule has 0 spiro atoms. The molecular formula is C16H25N3O4. The number of H-pyrrole nitrogens is 1. The molecule has 128 valence electrons. The molecule has 0 saturated heterocycles. The molecule has 2 rings (SSSR count). The van der Waals surface area contributed by atoms with E-state index in [1.807, 2.05) is 34.6 Å². The van der Waals surface area contributed by atoms with Crippen molar-refractivity contribution in [3.05, 3.63) is 17.0 Å². The Morgan fingerprint density at radius 1 is 1.35 bits per heavy atom. The van der Waals surface area contributed by atoms with Crippen LogP contribution in [0, 0.1) is 0 Å². The normalized spacial score (nSPS) is 16.7. The van der Waals surface area contributed by atoms with Crippen LogP contribution in [0.2, 0.25) is 0 Å². The van der Waals surface area contributed by atoms with Gasteiger partial charge in [-0.2, -0.15) is 5.10 Å². The van der Waals surface area contributed by atoms with Crippen LogP contribution in [0.3, 0.4) is 0 Å². The lowest BCUT2D eigenvalue weighted by Gasteiger charge is -2.42. The molecule has 23 heavy (non-hydrogen) atoms. The predicted octanol–water partition coefficient (Wildman–Crippen LogP) is 2.61. The van der Waals surface area contributed by atoms with Crippen molar-refractivity contribution in [2.24, 2.45) is 0 Å². The van der Waals surface area contributed by atoms with Gasteiger partial charge in [0, 0.05) is 24.2 Å². The third kappa shape index (κ3) is 3.33. The maximum atomic E-state index is 12.5. The maximum Gasteiger partial charge on any atom is 0.411 e. The number of esters is 1. The van der Waals surface area contributed by atoms with E-state index in [0.29, 0.717) is 18.5 Å². The number of hydrogen-bond acceptors (Lipinski definition) is 5. The average Bonchev–Trinajstić information content (AvgIpc) is 2.81. The summed E-state index contributed by atoms with van der Waals surface area (Å²) in [7, 11) is 0. The lowest BCUT2D eigenvalue weighted by molar-refractivity contribution is -0.000926. The highest BCUT2D eigenvalue weighted by Crippen LogP contribution is 2.37. The molecule has 0 radical (unpaired) electrons. The van der Waals surface area contributed by atoms with E-state index >= 15 is 0 Å². The number of hydrogen-bond donors (Lipinski definition) is 1. The zero-order valence-electron chi connectivity index (χ0n) is 14.6. The molecule has 1 aromatic rings. The first-order valence-electron chi connectivity index (χ1n) is 7.83. The SMILES string of the molecule is CCOC(=O)c1n[nH]c2c1C(C)(C)N(C(=O)OC(C)(C)C)CC2. The van der Waals surface area contributed by atoms with Gasteiger partial charge < -0.3 is 9.47 Å². The molecule has 0 bridgehead atoms. The van der Waals surface area contributed by atoms with E-state index in [4.69, 9.17) is 9.47 Å². The molecule has 1 aliphatic heterocycles. The minimum atomic E-state index is -0.717. The van der Waals surface area contributed by atoms with Crippen molar-refractivity contribution < 1.29 is 19.1 Å². The summed E-state index contributed by atoms with van der Waals surface area (Å²) in [5.74, 6) is -0.482. The molecule has 1 amide bonds. The second-order valence-corrected chi connectivity index (χ2v) is 7.09. The van der Waals surface area contributed by atoms with Crippen molar-refractivity contribution in [3.63, 3.8) is 0 Å². The van der Waals surface area contributed by atoms with Crippen LogP contribution in [0.4, 0.5) is 4.79 Å². The van der Waals surface area contributed by atoms with E-state index in [1.165, 1.54) is 0 Å². The Labute approximate surface area is 136 Å². The van der Waals surface area contributed by atoms with Gasteiger partial charge in [-0.05, 0) is 41.5 Å². The van der Waals surface area contributed by atoms with E-state index in [9.17, 15) is 9.59 Å². The van der Waals surface area contributed by atoms with Crippen LogP contribution in [0.5, 0.6) is 0 Å². The smallest absolute Gasteiger partial charge is 0.411 e. The molecule has 7 heteroatoms. The lowest BCUT2D eigenvalue weighted by atomic mass is 9.85. The van der Waals surface area contributed by atoms with Crippen molar-refractivity contribution in [1.82, 2.24) is 15.1 Å². The number of fused-ring (bicyclic) bond motifs is 1. The Morgan fingerprint density at radius 2 is 2.00 bits per heavy atom. The zero-order valence-corrected chi connectivity index (χ0v) is 14.6. The summed E-state index contributed by atoms with van der Waals surface area (Å²) < 4.78 is 10.6. The van der Waals surface area contributed by atoms with Gasteiger partial charge in [0.15, 0.2) is 5.69 Å². The summed E-state index contributed by atoms with van der Waals surface area (Å²) in [5, 5.41) is 7.00. The first kappa shape index (κ1) is 17.3. The van der Waals surface area contributed by atoms with Gasteiger partial charge >= 0.3 is 12.1 Å². The third-order valence-electron chi connectivity index (χ3n) is 3.80. The maximum absolute atomic E-state index is 12.5. The van der Waals surface area contributed by atoms with Gasteiger partial charge in [0.2, 0.25) is 0 Å². The summed E-state index contributed by atoms with van der Waals surface area (Å²) in [5.41, 5.74) is 0.504. The van der Waals surface area contributed by atoms with Gasteiger partial charge in [-0.1, -0.05) is 0 Å². The zero-order chi connectivity index (χ0) is 17.4. The van der Waals surface area contributed by atoms with Crippen LogP contribution in [-0.4, -0.2) is 45.9 Å². The molecule has 1 aliphatic rings. The van der Waals surface area contributed by atoms with E-state index in [2.05, 4.69) is 10.2 Å². The molecule has 0 atom stereocenters. The number of rotatable bonds is 2. The number of amides is 1. The lowest BCUT2D eigenvalue weighted by Crippen LogP contribution is -2.51. The van der Waals surface area contributed by atoms with E-state index in [-0.39, 0.29) is 12.3 Å². The third-order valence-corrected chi connectivity index (χ3v) is 3.80. The highest BCUT2D eigenvalue weighted by molar-refractivity contribution is 5.90. The first-order valence-corrected chi connectivity index (χ1v) is 7.83. The fourth-order valence-corrected chi connectivity index (χ4v) is 2.84. The van der Waals surface area contributed by atoms with Crippen molar-refractivity contribution in [2.45, 2.75) is 59.1 Å². The molecule has 0 unspecified atom stereocenters. The summed E-state index contributed by atoms with van der Waals surface area (Å²) in [6.07, 6.45) is 0.189. The van der Waals surface area contributed by atoms with E-state index in [0.717, 1.165) is 5.69 Å². The van der Waals surface area contributed by atoms with Gasteiger partial charge in [-0.3, -0.25) is 10.00 Å². The van der Waals surface area contributed by atoms with E-state index < -0.39 is 23.2 Å². The highest BCUT2D eigenvalue weighted by atomic mass is 16.6. The van der Waals surface area contributed by atoms with Gasteiger partial charge in [0.1, 0.15) is 5.60 Å². The van der Waals surface area contributed by atoms with Crippen LogP contribution in [-0.2, 0) is 21.4 Å². The molecule has 0 saturated carbocycles. The summed E-state index contributed by atoms with van der Waals surface area (Å²) in [6.45, 7) is 11.8.